The van der Waals surface area contributed by atoms with Gasteiger partial charge in [0.2, 0.25) is 5.78 Å². The first-order chi connectivity index (χ1) is 7.62. The molecule has 2 N–H and O–H groups in total. The van der Waals surface area contributed by atoms with Gasteiger partial charge in [-0.25, -0.2) is 0 Å². The molecular weight excluding hydrogens is 214 g/mol. The number of hydrogen-bond donors (Lipinski definition) is 2. The normalized spacial score (nSPS) is 15.4. The quantitative estimate of drug-likeness (QED) is 0.624. The van der Waals surface area contributed by atoms with Crippen LogP contribution in [0.25, 0.3) is 0 Å². The van der Waals surface area contributed by atoms with Crippen LogP contribution in [-0.4, -0.2) is 22.2 Å². The molecule has 3 nitrogen and oxygen atoms in total. The molecule has 1 rings (SSSR count). The van der Waals surface area contributed by atoms with Crippen molar-refractivity contribution in [3.05, 3.63) is 35.4 Å². The van der Waals surface area contributed by atoms with Gasteiger partial charge in [-0.3, -0.25) is 10.1 Å². The predicted octanol–water partition coefficient (Wildman–Crippen LogP) is 2.27. The van der Waals surface area contributed by atoms with E-state index in [1.807, 2.05) is 39.8 Å². The molecule has 1 atom stereocenters. The van der Waals surface area contributed by atoms with Crippen LogP contribution < -0.4 is 5.32 Å². The van der Waals surface area contributed by atoms with Crippen molar-refractivity contribution in [3.8, 4) is 0 Å². The van der Waals surface area contributed by atoms with Crippen molar-refractivity contribution in [3.63, 3.8) is 0 Å². The smallest absolute Gasteiger partial charge is 0.209 e. The summed E-state index contributed by atoms with van der Waals surface area (Å²) in [6.07, 6.45) is 0. The summed E-state index contributed by atoms with van der Waals surface area (Å²) >= 11 is 0. The summed E-state index contributed by atoms with van der Waals surface area (Å²) in [6.45, 7) is 9.13. The SMILES string of the molecule is Cc1cccc(C(=O)[C@](C)(O)NC(C)(C)C)c1. The van der Waals surface area contributed by atoms with E-state index in [4.69, 9.17) is 0 Å². The third-order valence-electron chi connectivity index (χ3n) is 2.34. The van der Waals surface area contributed by atoms with Crippen LogP contribution in [0.5, 0.6) is 0 Å². The second-order valence-electron chi connectivity index (χ2n) is 5.65. The van der Waals surface area contributed by atoms with Gasteiger partial charge in [0.1, 0.15) is 0 Å². The number of benzene rings is 1. The Labute approximate surface area is 103 Å². The first-order valence-electron chi connectivity index (χ1n) is 5.75. The number of nitrogens with one attached hydrogen (secondary N) is 1. The fourth-order valence-corrected chi connectivity index (χ4v) is 1.85. The Kier molecular flexibility index (Phi) is 3.74. The fourth-order valence-electron chi connectivity index (χ4n) is 1.85. The molecule has 94 valence electrons. The molecule has 0 fully saturated rings. The van der Waals surface area contributed by atoms with Crippen molar-refractivity contribution in [2.24, 2.45) is 0 Å². The van der Waals surface area contributed by atoms with Crippen LogP contribution in [0.1, 0.15) is 43.6 Å². The van der Waals surface area contributed by atoms with Gasteiger partial charge in [-0.1, -0.05) is 23.8 Å². The molecule has 0 aliphatic carbocycles. The summed E-state index contributed by atoms with van der Waals surface area (Å²) in [5, 5.41) is 13.1. The van der Waals surface area contributed by atoms with Gasteiger partial charge in [-0.05, 0) is 40.7 Å². The number of aliphatic hydroxyl groups is 1. The van der Waals surface area contributed by atoms with Crippen LogP contribution in [-0.2, 0) is 0 Å². The van der Waals surface area contributed by atoms with Gasteiger partial charge in [-0.2, -0.15) is 0 Å². The van der Waals surface area contributed by atoms with Crippen LogP contribution in [0, 0.1) is 6.92 Å². The molecule has 0 saturated carbocycles. The molecule has 0 amide bonds. The maximum absolute atomic E-state index is 12.2. The summed E-state index contributed by atoms with van der Waals surface area (Å²) < 4.78 is 0. The summed E-state index contributed by atoms with van der Waals surface area (Å²) in [5.74, 6) is -0.309. The van der Waals surface area contributed by atoms with Gasteiger partial charge < -0.3 is 5.11 Å². The Balaban J connectivity index is 2.96. The first-order valence-corrected chi connectivity index (χ1v) is 5.75. The molecule has 1 aromatic carbocycles. The number of carbonyl (C=O) groups excluding carboxylic acids is 1. The third-order valence-corrected chi connectivity index (χ3v) is 2.34. The molecule has 0 unspecified atom stereocenters. The molecule has 0 spiro atoms. The van der Waals surface area contributed by atoms with E-state index < -0.39 is 5.72 Å². The molecule has 0 radical (unpaired) electrons. The van der Waals surface area contributed by atoms with Crippen molar-refractivity contribution < 1.29 is 9.90 Å². The lowest BCUT2D eigenvalue weighted by Crippen LogP contribution is -2.57. The Morgan fingerprint density at radius 2 is 1.82 bits per heavy atom. The molecule has 0 saturated heterocycles. The lowest BCUT2D eigenvalue weighted by molar-refractivity contribution is 0.00913. The number of ketones is 1. The van der Waals surface area contributed by atoms with Gasteiger partial charge in [-0.15, -0.1) is 0 Å². The molecule has 0 aliphatic rings. The maximum atomic E-state index is 12.2. The first kappa shape index (κ1) is 13.9. The minimum Gasteiger partial charge on any atom is -0.369 e. The predicted molar refractivity (Wildman–Crippen MR) is 69.0 cm³/mol. The Bertz CT molecular complexity index is 416. The molecule has 0 aromatic heterocycles. The van der Waals surface area contributed by atoms with E-state index in [1.54, 1.807) is 12.1 Å². The second kappa shape index (κ2) is 4.59. The van der Waals surface area contributed by atoms with Crippen molar-refractivity contribution in [2.45, 2.75) is 45.9 Å². The highest BCUT2D eigenvalue weighted by atomic mass is 16.3. The average Bonchev–Trinajstić information content (AvgIpc) is 2.12. The monoisotopic (exact) mass is 235 g/mol. The van der Waals surface area contributed by atoms with Crippen LogP contribution in [0.3, 0.4) is 0 Å². The largest absolute Gasteiger partial charge is 0.369 e. The van der Waals surface area contributed by atoms with E-state index in [9.17, 15) is 9.90 Å². The maximum Gasteiger partial charge on any atom is 0.209 e. The summed E-state index contributed by atoms with van der Waals surface area (Å²) in [6, 6.07) is 7.23. The molecule has 0 heterocycles. The van der Waals surface area contributed by atoms with Crippen molar-refractivity contribution >= 4 is 5.78 Å². The van der Waals surface area contributed by atoms with Crippen LogP contribution in [0.15, 0.2) is 24.3 Å². The Morgan fingerprint density at radius 3 is 2.29 bits per heavy atom. The average molecular weight is 235 g/mol. The number of aryl methyl sites for hydroxylation is 1. The van der Waals surface area contributed by atoms with E-state index >= 15 is 0 Å². The van der Waals surface area contributed by atoms with E-state index in [1.165, 1.54) is 6.92 Å². The van der Waals surface area contributed by atoms with Crippen LogP contribution in [0.4, 0.5) is 0 Å². The van der Waals surface area contributed by atoms with Gasteiger partial charge in [0, 0.05) is 11.1 Å². The van der Waals surface area contributed by atoms with Gasteiger partial charge >= 0.3 is 0 Å². The number of rotatable bonds is 3. The molecular formula is C14H21NO2. The standard InChI is InChI=1S/C14H21NO2/c1-10-7-6-8-11(9-10)12(16)14(5,17)15-13(2,3)4/h6-9,15,17H,1-5H3/t14-/m0/s1. The highest BCUT2D eigenvalue weighted by Crippen LogP contribution is 2.15. The molecule has 0 bridgehead atoms. The van der Waals surface area contributed by atoms with Crippen LogP contribution in [0.2, 0.25) is 0 Å². The minimum absolute atomic E-state index is 0.309. The summed E-state index contributed by atoms with van der Waals surface area (Å²) in [5.41, 5.74) is -0.358. The van der Waals surface area contributed by atoms with Crippen molar-refractivity contribution in [1.29, 1.82) is 0 Å². The lowest BCUT2D eigenvalue weighted by atomic mass is 9.97. The molecule has 3 heteroatoms. The zero-order chi connectivity index (χ0) is 13.3. The van der Waals surface area contributed by atoms with Gasteiger partial charge in [0.05, 0.1) is 0 Å². The Morgan fingerprint density at radius 1 is 1.24 bits per heavy atom. The molecule has 1 aromatic rings. The Hall–Kier alpha value is -1.19. The van der Waals surface area contributed by atoms with E-state index in [0.717, 1.165) is 5.56 Å². The highest BCUT2D eigenvalue weighted by molar-refractivity contribution is 6.01. The number of hydrogen-bond acceptors (Lipinski definition) is 3. The van der Waals surface area contributed by atoms with Crippen molar-refractivity contribution in [2.75, 3.05) is 0 Å². The minimum atomic E-state index is -1.55. The zero-order valence-corrected chi connectivity index (χ0v) is 11.2. The second-order valence-corrected chi connectivity index (χ2v) is 5.65. The van der Waals surface area contributed by atoms with Gasteiger partial charge in [0.15, 0.2) is 5.72 Å². The third kappa shape index (κ3) is 3.95. The van der Waals surface area contributed by atoms with E-state index in [2.05, 4.69) is 5.32 Å². The van der Waals surface area contributed by atoms with Gasteiger partial charge in [0.25, 0.3) is 0 Å². The zero-order valence-electron chi connectivity index (χ0n) is 11.2. The van der Waals surface area contributed by atoms with E-state index in [0.29, 0.717) is 5.56 Å². The highest BCUT2D eigenvalue weighted by Gasteiger charge is 2.34. The van der Waals surface area contributed by atoms with Crippen LogP contribution >= 0.6 is 0 Å². The lowest BCUT2D eigenvalue weighted by Gasteiger charge is -2.32. The molecule has 0 aliphatic heterocycles. The van der Waals surface area contributed by atoms with E-state index in [-0.39, 0.29) is 11.3 Å². The number of Topliss-reactive ketones (excluding diaryl/α,β-unsaturated/α-hetero) is 1. The van der Waals surface area contributed by atoms with Crippen molar-refractivity contribution in [1.82, 2.24) is 5.32 Å². The fraction of sp³-hybridized carbons (Fsp3) is 0.500. The summed E-state index contributed by atoms with van der Waals surface area (Å²) in [4.78, 5) is 12.2. The number of carbonyl (C=O) groups is 1. The topological polar surface area (TPSA) is 49.3 Å². The molecule has 17 heavy (non-hydrogen) atoms. The summed E-state index contributed by atoms with van der Waals surface area (Å²) in [7, 11) is 0.